The number of nitrogens with one attached hydrogen (secondary N) is 1. The van der Waals surface area contributed by atoms with Gasteiger partial charge in [0, 0.05) is 12.8 Å². The molecule has 0 rings (SSSR count). The number of hydrogen-bond acceptors (Lipinski definition) is 6. The minimum absolute atomic E-state index is 0.0241. The molecule has 0 aromatic rings. The first-order valence-electron chi connectivity index (χ1n) is 32.7. The van der Waals surface area contributed by atoms with Crippen LogP contribution in [0.2, 0.25) is 0 Å². The number of allylic oxidation sites excluding steroid dienone is 17. The van der Waals surface area contributed by atoms with E-state index in [-0.39, 0.29) is 37.9 Å². The number of likely N-dealkylation sites (N-methyl/N-ethyl adjacent to an activating group) is 1. The third kappa shape index (κ3) is 59.3. The second-order valence-electron chi connectivity index (χ2n) is 22.9. The first-order chi connectivity index (χ1) is 38.9. The van der Waals surface area contributed by atoms with Crippen molar-refractivity contribution in [1.82, 2.24) is 5.32 Å². The summed E-state index contributed by atoms with van der Waals surface area (Å²) in [6.45, 7) is 6.90. The zero-order valence-corrected chi connectivity index (χ0v) is 53.4. The van der Waals surface area contributed by atoms with E-state index >= 15 is 0 Å². The van der Waals surface area contributed by atoms with E-state index in [9.17, 15) is 19.0 Å². The third-order valence-corrected chi connectivity index (χ3v) is 14.9. The zero-order chi connectivity index (χ0) is 58.6. The van der Waals surface area contributed by atoms with Gasteiger partial charge in [-0.1, -0.05) is 252 Å². The predicted molar refractivity (Wildman–Crippen MR) is 346 cm³/mol. The lowest BCUT2D eigenvalue weighted by molar-refractivity contribution is -0.870. The molecule has 3 unspecified atom stereocenters. The fourth-order valence-electron chi connectivity index (χ4n) is 8.86. The van der Waals surface area contributed by atoms with E-state index in [0.717, 1.165) is 96.3 Å². The SMILES string of the molecule is CCCCC/C=C\C/C=C\C/C=C\C/C=C\CCCCCCCCCCCC(=O)OC(/C=C\CCCCCCCCCCCC)C(COP(=O)(O)OCC[N+](C)(C)C)NC(=O)CCC/C=C\C/C=C\C/C=C\C/C=C\CCCCC. The second-order valence-corrected chi connectivity index (χ2v) is 24.4. The third-order valence-electron chi connectivity index (χ3n) is 13.9. The molecule has 0 radical (unpaired) electrons. The molecule has 0 spiro atoms. The standard InChI is InChI=1S/C70H123N2O7P/c1-7-10-13-16-19-22-25-28-30-32-33-34-35-36-37-38-39-41-43-45-48-51-54-57-60-63-70(74)79-68(61-58-55-52-49-46-27-24-21-18-15-12-9-3)67(66-78-80(75,76)77-65-64-72(4,5)6)71-69(73)62-59-56-53-50-47-44-42-40-31-29-26-23-20-17-14-11-8-2/h19-20,22-23,28-31,33-34,36-37,42,44,50,53,58,61,67-68H,7-18,21,24-27,32,35,38-41,43,45-49,51-52,54-57,59-60,62-66H2,1-6H3,(H-,71,73,75,76)/p+1/b22-19-,23-20-,30-28-,31-29-,34-33-,37-36-,44-42-,53-50-,61-58-. The van der Waals surface area contributed by atoms with Crippen molar-refractivity contribution in [3.05, 3.63) is 109 Å². The van der Waals surface area contributed by atoms with Crippen LogP contribution >= 0.6 is 7.82 Å². The van der Waals surface area contributed by atoms with E-state index in [1.807, 2.05) is 33.3 Å². The van der Waals surface area contributed by atoms with Crippen LogP contribution in [-0.4, -0.2) is 74.3 Å². The highest BCUT2D eigenvalue weighted by molar-refractivity contribution is 7.47. The molecule has 0 saturated carbocycles. The van der Waals surface area contributed by atoms with E-state index < -0.39 is 20.0 Å². The Morgan fingerprint density at radius 3 is 1.19 bits per heavy atom. The summed E-state index contributed by atoms with van der Waals surface area (Å²) in [7, 11) is 1.45. The minimum atomic E-state index is -4.47. The molecular formula is C70H124N2O7P+. The lowest BCUT2D eigenvalue weighted by Gasteiger charge is -2.27. The lowest BCUT2D eigenvalue weighted by atomic mass is 10.0. The Kier molecular flexibility index (Phi) is 56.4. The van der Waals surface area contributed by atoms with Crippen LogP contribution in [0.3, 0.4) is 0 Å². The summed E-state index contributed by atoms with van der Waals surface area (Å²) in [5.74, 6) is -0.581. The number of carbonyl (C=O) groups excluding carboxylic acids is 2. The molecule has 460 valence electrons. The van der Waals surface area contributed by atoms with E-state index in [1.165, 1.54) is 135 Å². The van der Waals surface area contributed by atoms with Crippen LogP contribution < -0.4 is 5.32 Å². The molecule has 0 heterocycles. The molecule has 0 aliphatic heterocycles. The van der Waals surface area contributed by atoms with Crippen molar-refractivity contribution < 1.29 is 37.3 Å². The summed E-state index contributed by atoms with van der Waals surface area (Å²) in [6.07, 6.45) is 81.0. The van der Waals surface area contributed by atoms with Gasteiger partial charge in [0.05, 0.1) is 33.8 Å². The van der Waals surface area contributed by atoms with Gasteiger partial charge in [0.2, 0.25) is 5.91 Å². The van der Waals surface area contributed by atoms with Crippen LogP contribution in [0.1, 0.15) is 271 Å². The topological polar surface area (TPSA) is 111 Å². The number of nitrogens with zero attached hydrogens (tertiary/aromatic N) is 1. The predicted octanol–water partition coefficient (Wildman–Crippen LogP) is 20.5. The van der Waals surface area contributed by atoms with Crippen LogP contribution in [0.5, 0.6) is 0 Å². The number of rotatable bonds is 58. The molecule has 0 saturated heterocycles. The van der Waals surface area contributed by atoms with Crippen LogP contribution in [-0.2, 0) is 27.9 Å². The van der Waals surface area contributed by atoms with Gasteiger partial charge in [-0.3, -0.25) is 18.6 Å². The van der Waals surface area contributed by atoms with E-state index in [4.69, 9.17) is 13.8 Å². The van der Waals surface area contributed by atoms with E-state index in [2.05, 4.69) is 123 Å². The minimum Gasteiger partial charge on any atom is -0.456 e. The quantitative estimate of drug-likeness (QED) is 0.0205. The number of amides is 1. The summed E-state index contributed by atoms with van der Waals surface area (Å²) in [5, 5.41) is 3.02. The highest BCUT2D eigenvalue weighted by Crippen LogP contribution is 2.43. The maximum Gasteiger partial charge on any atom is 0.472 e. The maximum atomic E-state index is 13.5. The Bertz CT molecular complexity index is 1740. The van der Waals surface area contributed by atoms with Gasteiger partial charge in [-0.15, -0.1) is 0 Å². The van der Waals surface area contributed by atoms with Gasteiger partial charge in [0.15, 0.2) is 0 Å². The van der Waals surface area contributed by atoms with Gasteiger partial charge < -0.3 is 19.4 Å². The van der Waals surface area contributed by atoms with Crippen molar-refractivity contribution in [2.75, 3.05) is 40.9 Å². The summed E-state index contributed by atoms with van der Waals surface area (Å²) >= 11 is 0. The summed E-state index contributed by atoms with van der Waals surface area (Å²) < 4.78 is 30.7. The first-order valence-corrected chi connectivity index (χ1v) is 34.2. The molecule has 0 bridgehead atoms. The molecule has 0 aliphatic rings. The normalized spacial score (nSPS) is 14.3. The first kappa shape index (κ1) is 76.7. The van der Waals surface area contributed by atoms with Crippen LogP contribution in [0, 0.1) is 0 Å². The number of quaternary nitrogens is 1. The highest BCUT2D eigenvalue weighted by Gasteiger charge is 2.30. The lowest BCUT2D eigenvalue weighted by Crippen LogP contribution is -2.47. The molecule has 0 fully saturated rings. The number of hydrogen-bond donors (Lipinski definition) is 2. The Morgan fingerprint density at radius 2 is 0.775 bits per heavy atom. The summed E-state index contributed by atoms with van der Waals surface area (Å²) in [5.41, 5.74) is 0. The van der Waals surface area contributed by atoms with Crippen molar-refractivity contribution in [1.29, 1.82) is 0 Å². The van der Waals surface area contributed by atoms with Crippen molar-refractivity contribution in [2.24, 2.45) is 0 Å². The molecule has 0 aromatic carbocycles. The monoisotopic (exact) mass is 1140 g/mol. The zero-order valence-electron chi connectivity index (χ0n) is 52.5. The molecule has 0 aliphatic carbocycles. The molecule has 1 amide bonds. The Hall–Kier alpha value is -3.33. The van der Waals surface area contributed by atoms with Crippen molar-refractivity contribution in [3.8, 4) is 0 Å². The smallest absolute Gasteiger partial charge is 0.456 e. The van der Waals surface area contributed by atoms with Gasteiger partial charge in [0.1, 0.15) is 19.3 Å². The Balaban J connectivity index is 5.24. The maximum absolute atomic E-state index is 13.5. The number of phosphoric acid groups is 1. The Morgan fingerprint density at radius 1 is 0.438 bits per heavy atom. The van der Waals surface area contributed by atoms with Crippen molar-refractivity contribution in [3.63, 3.8) is 0 Å². The number of esters is 1. The van der Waals surface area contributed by atoms with Gasteiger partial charge in [-0.25, -0.2) is 4.57 Å². The molecule has 80 heavy (non-hydrogen) atoms. The van der Waals surface area contributed by atoms with Crippen molar-refractivity contribution >= 4 is 19.7 Å². The van der Waals surface area contributed by atoms with Crippen LogP contribution in [0.4, 0.5) is 0 Å². The van der Waals surface area contributed by atoms with Gasteiger partial charge in [-0.2, -0.15) is 0 Å². The highest BCUT2D eigenvalue weighted by atomic mass is 31.2. The molecule has 2 N–H and O–H groups in total. The summed E-state index contributed by atoms with van der Waals surface area (Å²) in [6, 6.07) is -0.886. The van der Waals surface area contributed by atoms with Gasteiger partial charge in [-0.05, 0) is 115 Å². The number of ether oxygens (including phenoxy) is 1. The number of phosphoric ester groups is 1. The largest absolute Gasteiger partial charge is 0.472 e. The molecular weight excluding hydrogens is 1010 g/mol. The molecule has 0 aromatic heterocycles. The fourth-order valence-corrected chi connectivity index (χ4v) is 9.59. The van der Waals surface area contributed by atoms with Crippen LogP contribution in [0.25, 0.3) is 0 Å². The van der Waals surface area contributed by atoms with Gasteiger partial charge in [0.25, 0.3) is 0 Å². The average molecular weight is 1140 g/mol. The number of carbonyl (C=O) groups is 2. The fraction of sp³-hybridized carbons (Fsp3) is 0.714. The van der Waals surface area contributed by atoms with E-state index in [0.29, 0.717) is 17.4 Å². The second kappa shape index (κ2) is 58.9. The molecule has 9 nitrogen and oxygen atoms in total. The average Bonchev–Trinajstić information content (AvgIpc) is 3.42. The van der Waals surface area contributed by atoms with E-state index in [1.54, 1.807) is 0 Å². The summed E-state index contributed by atoms with van der Waals surface area (Å²) in [4.78, 5) is 37.7. The molecule has 3 atom stereocenters. The Labute approximate surface area is 493 Å². The number of unbranched alkanes of at least 4 members (excludes halogenated alkanes) is 26. The molecule has 10 heteroatoms. The van der Waals surface area contributed by atoms with Crippen LogP contribution in [0.15, 0.2) is 109 Å². The van der Waals surface area contributed by atoms with Gasteiger partial charge >= 0.3 is 13.8 Å². The van der Waals surface area contributed by atoms with Crippen molar-refractivity contribution in [2.45, 2.75) is 283 Å².